The first kappa shape index (κ1) is 78.5. The molecule has 2 aromatic rings. The van der Waals surface area contributed by atoms with E-state index in [-0.39, 0.29) is 83.0 Å². The lowest BCUT2D eigenvalue weighted by Crippen LogP contribution is -2.60. The second kappa shape index (κ2) is 41.0. The molecule has 524 valence electrons. The van der Waals surface area contributed by atoms with E-state index in [1.165, 1.54) is 21.6 Å². The molecule has 10 atom stereocenters. The molecule has 2 saturated heterocycles. The van der Waals surface area contributed by atoms with Crippen molar-refractivity contribution < 1.29 is 62.3 Å². The van der Waals surface area contributed by atoms with E-state index in [1.807, 2.05) is 20.1 Å². The number of nitrogens with zero attached hydrogens (tertiary/aromatic N) is 3. The zero-order chi connectivity index (χ0) is 70.1. The van der Waals surface area contributed by atoms with Crippen LogP contribution in [0.15, 0.2) is 65.7 Å². The van der Waals surface area contributed by atoms with Crippen LogP contribution in [0.25, 0.3) is 0 Å². The van der Waals surface area contributed by atoms with E-state index < -0.39 is 169 Å². The monoisotopic (exact) mass is 1350 g/mol. The molecule has 32 heteroatoms. The number of carbonyl (C=O) groups excluding carboxylic acids is 13. The fourth-order valence-corrected chi connectivity index (χ4v) is 11.5. The summed E-state index contributed by atoms with van der Waals surface area (Å²) in [6.07, 6.45) is 3.12. The number of unbranched alkanes of at least 4 members (excludes halogenated alkanes) is 1. The third-order valence-corrected chi connectivity index (χ3v) is 16.7. The van der Waals surface area contributed by atoms with Crippen molar-refractivity contribution in [2.75, 3.05) is 44.7 Å². The summed E-state index contributed by atoms with van der Waals surface area (Å²) >= 11 is 1.45. The smallest absolute Gasteiger partial charge is 0.245 e. The van der Waals surface area contributed by atoms with Crippen LogP contribution < -0.4 is 82.7 Å². The third kappa shape index (κ3) is 27.5. The molecular weight excluding hydrogens is 1250 g/mol. The van der Waals surface area contributed by atoms with Gasteiger partial charge in [0.15, 0.2) is 5.96 Å². The lowest BCUT2D eigenvalue weighted by atomic mass is 10.0. The van der Waals surface area contributed by atoms with Crippen molar-refractivity contribution in [2.24, 2.45) is 51.0 Å². The molecule has 22 N–H and O–H groups in total. The van der Waals surface area contributed by atoms with E-state index in [0.29, 0.717) is 55.4 Å². The minimum atomic E-state index is -1.64. The maximum atomic E-state index is 14.7. The fourth-order valence-electron chi connectivity index (χ4n) is 11.0. The highest BCUT2D eigenvalue weighted by Gasteiger charge is 2.42. The number of amides is 13. The van der Waals surface area contributed by atoms with Crippen molar-refractivity contribution in [2.45, 2.75) is 183 Å². The number of aliphatic imine (C=N–C) groups is 1. The van der Waals surface area contributed by atoms with Crippen molar-refractivity contribution in [1.29, 1.82) is 0 Å². The Hall–Kier alpha value is -8.91. The van der Waals surface area contributed by atoms with Crippen LogP contribution in [-0.2, 0) is 75.2 Å². The van der Waals surface area contributed by atoms with Gasteiger partial charge >= 0.3 is 0 Å². The fraction of sp³-hybridized carbons (Fsp3) is 0.587. The third-order valence-electron chi connectivity index (χ3n) is 16.0. The Balaban J connectivity index is 1.56. The summed E-state index contributed by atoms with van der Waals surface area (Å²) in [5.74, 6) is -9.80. The molecule has 0 spiro atoms. The van der Waals surface area contributed by atoms with Crippen molar-refractivity contribution >= 4 is 94.5 Å². The van der Waals surface area contributed by atoms with E-state index in [1.54, 1.807) is 60.7 Å². The first-order chi connectivity index (χ1) is 45.2. The molecule has 2 aliphatic heterocycles. The number of hydrogen-bond acceptors (Lipinski definition) is 17. The predicted octanol–water partition coefficient (Wildman–Crippen LogP) is -3.71. The summed E-state index contributed by atoms with van der Waals surface area (Å²) in [6.45, 7) is 3.86. The van der Waals surface area contributed by atoms with Crippen molar-refractivity contribution in [1.82, 2.24) is 52.3 Å². The number of thioether (sulfide) groups is 1. The Bertz CT molecular complexity index is 2960. The number of hydrogen-bond donors (Lipinski definition) is 15. The highest BCUT2D eigenvalue weighted by atomic mass is 32.2. The van der Waals surface area contributed by atoms with Crippen LogP contribution in [-0.4, -0.2) is 198 Å². The van der Waals surface area contributed by atoms with Gasteiger partial charge in [-0.25, -0.2) is 0 Å². The minimum absolute atomic E-state index is 0.0736. The molecule has 2 heterocycles. The predicted molar refractivity (Wildman–Crippen MR) is 356 cm³/mol. The molecule has 0 aliphatic carbocycles. The number of likely N-dealkylation sites (tertiary alicyclic amines) is 2. The van der Waals surface area contributed by atoms with E-state index in [0.717, 1.165) is 0 Å². The maximum absolute atomic E-state index is 14.7. The molecule has 2 fully saturated rings. The van der Waals surface area contributed by atoms with E-state index in [2.05, 4.69) is 47.5 Å². The van der Waals surface area contributed by atoms with Crippen molar-refractivity contribution in [3.05, 3.63) is 71.8 Å². The van der Waals surface area contributed by atoms with E-state index in [9.17, 15) is 62.3 Å². The van der Waals surface area contributed by atoms with Crippen LogP contribution in [0.4, 0.5) is 0 Å². The van der Waals surface area contributed by atoms with Crippen LogP contribution >= 0.6 is 11.8 Å². The molecule has 0 unspecified atom stereocenters. The Labute approximate surface area is 558 Å². The molecule has 4 rings (SSSR count). The minimum Gasteiger partial charge on any atom is -0.370 e. The number of nitrogens with one attached hydrogen (secondary N) is 8. The number of primary amides is 3. The van der Waals surface area contributed by atoms with Crippen molar-refractivity contribution in [3.8, 4) is 0 Å². The van der Waals surface area contributed by atoms with Gasteiger partial charge < -0.3 is 92.5 Å². The SMILES string of the molecule is CSCC[C@H](NC(=O)[C@@H](CC(C)C)NC(=O)CNC(=O)[C@H](Cc1ccccc1)NC(=O)[C@@H](Cc1ccccc1)NC(=O)[C@@H](CCC(N)=O)NC(=O)[C@@H](CCC(N)=O)NC(=O)[C@@H]1CCCN1C(=O)[C@@H](CCCCN)NC(=O)[C@@H]1CCCN1C(=O)[C@@H](N)CCCN=C(N)N)C(N)=O. The van der Waals surface area contributed by atoms with Gasteiger partial charge in [0.2, 0.25) is 76.8 Å². The van der Waals surface area contributed by atoms with Gasteiger partial charge in [-0.1, -0.05) is 74.5 Å². The molecule has 95 heavy (non-hydrogen) atoms. The number of nitrogens with two attached hydrogens (primary N) is 7. The number of carbonyl (C=O) groups is 13. The number of rotatable bonds is 42. The van der Waals surface area contributed by atoms with Crippen LogP contribution in [0.3, 0.4) is 0 Å². The lowest BCUT2D eigenvalue weighted by Gasteiger charge is -2.32. The summed E-state index contributed by atoms with van der Waals surface area (Å²) in [5.41, 5.74) is 40.6. The summed E-state index contributed by atoms with van der Waals surface area (Å²) in [6, 6.07) is 4.51. The average molecular weight is 1350 g/mol. The summed E-state index contributed by atoms with van der Waals surface area (Å²) in [5, 5.41) is 21.1. The summed E-state index contributed by atoms with van der Waals surface area (Å²) < 4.78 is 0. The molecule has 0 saturated carbocycles. The zero-order valence-corrected chi connectivity index (χ0v) is 55.3. The van der Waals surface area contributed by atoms with Crippen LogP contribution in [0.5, 0.6) is 0 Å². The van der Waals surface area contributed by atoms with Crippen LogP contribution in [0, 0.1) is 5.92 Å². The number of benzene rings is 2. The van der Waals surface area contributed by atoms with Gasteiger partial charge in [-0.3, -0.25) is 67.3 Å². The van der Waals surface area contributed by atoms with E-state index in [4.69, 9.17) is 40.1 Å². The van der Waals surface area contributed by atoms with Gasteiger partial charge in [0, 0.05) is 45.3 Å². The molecule has 2 aliphatic rings. The average Bonchev–Trinajstić information content (AvgIpc) is 1.74. The Morgan fingerprint density at radius 2 is 1.01 bits per heavy atom. The van der Waals surface area contributed by atoms with Gasteiger partial charge in [0.1, 0.15) is 54.4 Å². The number of guanidine groups is 1. The first-order valence-electron chi connectivity index (χ1n) is 32.2. The van der Waals surface area contributed by atoms with E-state index >= 15 is 0 Å². The van der Waals surface area contributed by atoms with Crippen LogP contribution in [0.2, 0.25) is 0 Å². The highest BCUT2D eigenvalue weighted by molar-refractivity contribution is 7.98. The summed E-state index contributed by atoms with van der Waals surface area (Å²) in [4.78, 5) is 185. The molecule has 2 aromatic carbocycles. The topological polar surface area (TPSA) is 519 Å². The maximum Gasteiger partial charge on any atom is 0.245 e. The molecule has 13 amide bonds. The van der Waals surface area contributed by atoms with Crippen LogP contribution in [0.1, 0.15) is 121 Å². The standard InChI is InChI=1S/C63H98N18O13S/c1-37(2)33-45(57(89)74-41(53(68)85)27-32-95-3)73-52(84)36-72-54(86)46(34-38-15-6-4-7-16-38)78-58(90)47(35-39-17-8-5-9-18-39)79-56(88)42(23-25-50(66)82)75-55(87)43(24-26-51(67)83)76-59(91)49-22-14-31-81(49)62(94)44(20-10-11-28-64)77-60(92)48-21-13-30-80(48)61(93)40(65)19-12-29-71-63(69)70/h4-9,15-18,37,40-49H,10-14,19-36,64-65H2,1-3H3,(H2,66,82)(H2,67,83)(H2,68,85)(H,72,86)(H,73,84)(H,74,89)(H,75,87)(H,76,91)(H,77,92)(H,78,90)(H,79,88)(H4,69,70,71)/t40-,41-,42+,43+,44+,45+,46-,47+,48-,49-/m0/s1. The Morgan fingerprint density at radius 1 is 0.537 bits per heavy atom. The molecule has 0 aromatic heterocycles. The second-order valence-electron chi connectivity index (χ2n) is 24.1. The first-order valence-corrected chi connectivity index (χ1v) is 33.6. The Morgan fingerprint density at radius 3 is 1.51 bits per heavy atom. The zero-order valence-electron chi connectivity index (χ0n) is 54.5. The molecule has 0 bridgehead atoms. The van der Waals surface area contributed by atoms with Crippen molar-refractivity contribution in [3.63, 3.8) is 0 Å². The van der Waals surface area contributed by atoms with Gasteiger partial charge in [0.05, 0.1) is 12.6 Å². The van der Waals surface area contributed by atoms with Gasteiger partial charge in [-0.05, 0) is 119 Å². The lowest BCUT2D eigenvalue weighted by molar-refractivity contribution is -0.144. The van der Waals surface area contributed by atoms with Gasteiger partial charge in [-0.15, -0.1) is 0 Å². The normalized spacial score (nSPS) is 16.8. The molecular formula is C63H98N18O13S. The largest absolute Gasteiger partial charge is 0.370 e. The second-order valence-corrected chi connectivity index (χ2v) is 25.1. The quantitative estimate of drug-likeness (QED) is 0.0173. The van der Waals surface area contributed by atoms with Gasteiger partial charge in [-0.2, -0.15) is 11.8 Å². The molecule has 0 radical (unpaired) electrons. The Kier molecular flexibility index (Phi) is 33.9. The summed E-state index contributed by atoms with van der Waals surface area (Å²) in [7, 11) is 0. The molecule has 31 nitrogen and oxygen atoms in total. The van der Waals surface area contributed by atoms with Gasteiger partial charge in [0.25, 0.3) is 0 Å². The highest BCUT2D eigenvalue weighted by Crippen LogP contribution is 2.24.